The maximum absolute atomic E-state index is 11.6. The molecule has 0 fully saturated rings. The number of imide groups is 1. The molecule has 20 heavy (non-hydrogen) atoms. The number of rotatable bonds is 4. The SMILES string of the molecule is CCOC(=O)NC(=O)/C(C#N)=C\Nc1ccccc1Br. The number of carbonyl (C=O) groups is 2. The molecule has 0 saturated heterocycles. The number of ether oxygens (including phenoxy) is 1. The van der Waals surface area contributed by atoms with Gasteiger partial charge in [0.2, 0.25) is 0 Å². The van der Waals surface area contributed by atoms with E-state index in [1.807, 2.05) is 11.4 Å². The van der Waals surface area contributed by atoms with Crippen LogP contribution in [-0.4, -0.2) is 18.6 Å². The van der Waals surface area contributed by atoms with E-state index in [0.29, 0.717) is 5.69 Å². The third kappa shape index (κ3) is 4.74. The van der Waals surface area contributed by atoms with E-state index < -0.39 is 12.0 Å². The number of nitriles is 1. The van der Waals surface area contributed by atoms with Crippen LogP contribution in [0.3, 0.4) is 0 Å². The molecule has 0 aliphatic heterocycles. The molecular formula is C13H12BrN3O3. The van der Waals surface area contributed by atoms with E-state index in [2.05, 4.69) is 26.0 Å². The van der Waals surface area contributed by atoms with Crippen LogP contribution in [0, 0.1) is 11.3 Å². The van der Waals surface area contributed by atoms with Gasteiger partial charge in [-0.25, -0.2) is 4.79 Å². The lowest BCUT2D eigenvalue weighted by Gasteiger charge is -2.05. The van der Waals surface area contributed by atoms with Crippen molar-refractivity contribution in [3.8, 4) is 6.07 Å². The van der Waals surface area contributed by atoms with Gasteiger partial charge in [0.1, 0.15) is 11.6 Å². The third-order valence-corrected chi connectivity index (χ3v) is 2.79. The average molecular weight is 338 g/mol. The van der Waals surface area contributed by atoms with E-state index in [9.17, 15) is 9.59 Å². The molecule has 2 amide bonds. The third-order valence-electron chi connectivity index (χ3n) is 2.10. The topological polar surface area (TPSA) is 91.2 Å². The monoisotopic (exact) mass is 337 g/mol. The minimum atomic E-state index is -0.889. The molecule has 104 valence electrons. The zero-order chi connectivity index (χ0) is 15.0. The molecular weight excluding hydrogens is 326 g/mol. The first-order valence-electron chi connectivity index (χ1n) is 5.68. The second-order valence-corrected chi connectivity index (χ2v) is 4.32. The molecule has 0 saturated carbocycles. The summed E-state index contributed by atoms with van der Waals surface area (Å²) >= 11 is 3.32. The minimum Gasteiger partial charge on any atom is -0.450 e. The summed E-state index contributed by atoms with van der Waals surface area (Å²) in [6.45, 7) is 1.75. The largest absolute Gasteiger partial charge is 0.450 e. The van der Waals surface area contributed by atoms with Crippen molar-refractivity contribution in [2.45, 2.75) is 6.92 Å². The Bertz CT molecular complexity index is 578. The van der Waals surface area contributed by atoms with Gasteiger partial charge in [0.05, 0.1) is 12.3 Å². The highest BCUT2D eigenvalue weighted by molar-refractivity contribution is 9.10. The quantitative estimate of drug-likeness (QED) is 0.650. The predicted octanol–water partition coefficient (Wildman–Crippen LogP) is 2.54. The van der Waals surface area contributed by atoms with Crippen molar-refractivity contribution >= 4 is 33.6 Å². The van der Waals surface area contributed by atoms with Gasteiger partial charge in [-0.3, -0.25) is 10.1 Å². The summed E-state index contributed by atoms with van der Waals surface area (Å²) in [5.41, 5.74) is 0.443. The Balaban J connectivity index is 2.73. The highest BCUT2D eigenvalue weighted by atomic mass is 79.9. The van der Waals surface area contributed by atoms with E-state index in [0.717, 1.165) is 4.47 Å². The molecule has 0 spiro atoms. The molecule has 0 bridgehead atoms. The van der Waals surface area contributed by atoms with Gasteiger partial charge in [0, 0.05) is 10.7 Å². The number of amides is 2. The van der Waals surface area contributed by atoms with Crippen molar-refractivity contribution in [1.82, 2.24) is 5.32 Å². The van der Waals surface area contributed by atoms with Crippen LogP contribution in [0.2, 0.25) is 0 Å². The summed E-state index contributed by atoms with van der Waals surface area (Å²) in [5, 5.41) is 13.6. The number of nitrogens with one attached hydrogen (secondary N) is 2. The Labute approximate surface area is 124 Å². The first kappa shape index (κ1) is 15.7. The van der Waals surface area contributed by atoms with E-state index >= 15 is 0 Å². The van der Waals surface area contributed by atoms with Gasteiger partial charge in [-0.2, -0.15) is 5.26 Å². The fourth-order valence-corrected chi connectivity index (χ4v) is 1.60. The van der Waals surface area contributed by atoms with Gasteiger partial charge in [0.15, 0.2) is 0 Å². The number of alkyl carbamates (subject to hydrolysis) is 1. The second kappa shape index (κ2) is 7.96. The van der Waals surface area contributed by atoms with Crippen molar-refractivity contribution in [2.24, 2.45) is 0 Å². The highest BCUT2D eigenvalue weighted by Crippen LogP contribution is 2.21. The van der Waals surface area contributed by atoms with Crippen molar-refractivity contribution in [3.63, 3.8) is 0 Å². The molecule has 2 N–H and O–H groups in total. The van der Waals surface area contributed by atoms with Gasteiger partial charge in [-0.15, -0.1) is 0 Å². The zero-order valence-electron chi connectivity index (χ0n) is 10.6. The molecule has 0 aliphatic carbocycles. The number of para-hydroxylation sites is 1. The number of hydrogen-bond acceptors (Lipinski definition) is 5. The molecule has 0 aromatic heterocycles. The molecule has 0 heterocycles. The number of hydrogen-bond donors (Lipinski definition) is 2. The van der Waals surface area contributed by atoms with Crippen LogP contribution in [-0.2, 0) is 9.53 Å². The Hall–Kier alpha value is -2.33. The Kier molecular flexibility index (Phi) is 6.26. The lowest BCUT2D eigenvalue weighted by atomic mass is 10.3. The fraction of sp³-hybridized carbons (Fsp3) is 0.154. The van der Waals surface area contributed by atoms with Crippen molar-refractivity contribution < 1.29 is 14.3 Å². The van der Waals surface area contributed by atoms with Crippen LogP contribution in [0.25, 0.3) is 0 Å². The summed E-state index contributed by atoms with van der Waals surface area (Å²) in [7, 11) is 0. The molecule has 0 atom stereocenters. The normalized spacial score (nSPS) is 10.3. The van der Waals surface area contributed by atoms with Crippen LogP contribution in [0.5, 0.6) is 0 Å². The van der Waals surface area contributed by atoms with Gasteiger partial charge in [-0.05, 0) is 35.0 Å². The summed E-state index contributed by atoms with van der Waals surface area (Å²) in [6, 6.07) is 8.90. The first-order chi connectivity index (χ1) is 9.58. The Morgan fingerprint density at radius 3 is 2.75 bits per heavy atom. The standard InChI is InChI=1S/C13H12BrN3O3/c1-2-20-13(19)17-12(18)9(7-15)8-16-11-6-4-3-5-10(11)14/h3-6,8,16H,2H2,1H3,(H,17,18,19)/b9-8-. The summed E-state index contributed by atoms with van der Waals surface area (Å²) in [6.07, 6.45) is 0.328. The van der Waals surface area contributed by atoms with E-state index in [1.165, 1.54) is 6.20 Å². The van der Waals surface area contributed by atoms with Gasteiger partial charge in [-0.1, -0.05) is 12.1 Å². The maximum Gasteiger partial charge on any atom is 0.414 e. The fourth-order valence-electron chi connectivity index (χ4n) is 1.20. The van der Waals surface area contributed by atoms with E-state index in [1.54, 1.807) is 31.2 Å². The molecule has 7 heteroatoms. The predicted molar refractivity (Wildman–Crippen MR) is 76.6 cm³/mol. The van der Waals surface area contributed by atoms with Gasteiger partial charge >= 0.3 is 6.09 Å². The molecule has 1 aromatic carbocycles. The van der Waals surface area contributed by atoms with Crippen LogP contribution in [0.4, 0.5) is 10.5 Å². The molecule has 1 aromatic rings. The average Bonchev–Trinajstić information content (AvgIpc) is 2.41. The maximum atomic E-state index is 11.6. The van der Waals surface area contributed by atoms with Crippen molar-refractivity contribution in [3.05, 3.63) is 40.5 Å². The summed E-state index contributed by atoms with van der Waals surface area (Å²) in [5.74, 6) is -0.828. The van der Waals surface area contributed by atoms with Crippen LogP contribution in [0.15, 0.2) is 40.5 Å². The number of carbonyl (C=O) groups excluding carboxylic acids is 2. The van der Waals surface area contributed by atoms with E-state index in [4.69, 9.17) is 5.26 Å². The van der Waals surface area contributed by atoms with Gasteiger partial charge in [0.25, 0.3) is 5.91 Å². The van der Waals surface area contributed by atoms with Crippen molar-refractivity contribution in [1.29, 1.82) is 5.26 Å². The molecule has 0 radical (unpaired) electrons. The lowest BCUT2D eigenvalue weighted by Crippen LogP contribution is -2.32. The second-order valence-electron chi connectivity index (χ2n) is 3.47. The van der Waals surface area contributed by atoms with Crippen LogP contribution >= 0.6 is 15.9 Å². The number of anilines is 1. The highest BCUT2D eigenvalue weighted by Gasteiger charge is 2.13. The molecule has 0 aliphatic rings. The summed E-state index contributed by atoms with van der Waals surface area (Å²) < 4.78 is 5.33. The smallest absolute Gasteiger partial charge is 0.414 e. The Morgan fingerprint density at radius 1 is 1.45 bits per heavy atom. The zero-order valence-corrected chi connectivity index (χ0v) is 12.2. The molecule has 6 nitrogen and oxygen atoms in total. The number of nitrogens with zero attached hydrogens (tertiary/aromatic N) is 1. The lowest BCUT2D eigenvalue weighted by molar-refractivity contribution is -0.116. The number of benzene rings is 1. The van der Waals surface area contributed by atoms with Crippen LogP contribution in [0.1, 0.15) is 6.92 Å². The first-order valence-corrected chi connectivity index (χ1v) is 6.47. The van der Waals surface area contributed by atoms with Crippen LogP contribution < -0.4 is 10.6 Å². The van der Waals surface area contributed by atoms with Crippen molar-refractivity contribution in [2.75, 3.05) is 11.9 Å². The minimum absolute atomic E-state index is 0.139. The Morgan fingerprint density at radius 2 is 2.15 bits per heavy atom. The van der Waals surface area contributed by atoms with Gasteiger partial charge < -0.3 is 10.1 Å². The van der Waals surface area contributed by atoms with E-state index in [-0.39, 0.29) is 12.2 Å². The number of halogens is 1. The molecule has 0 unspecified atom stereocenters. The summed E-state index contributed by atoms with van der Waals surface area (Å²) in [4.78, 5) is 22.7. The molecule has 1 rings (SSSR count).